The molecular formula is C20H19F4N3. The third kappa shape index (κ3) is 3.43. The van der Waals surface area contributed by atoms with Crippen molar-refractivity contribution in [3.05, 3.63) is 64.9 Å². The van der Waals surface area contributed by atoms with Crippen LogP contribution >= 0.6 is 0 Å². The fraction of sp³-hybridized carbons (Fsp3) is 0.350. The van der Waals surface area contributed by atoms with Crippen molar-refractivity contribution in [3.8, 4) is 0 Å². The van der Waals surface area contributed by atoms with Crippen LogP contribution in [0.15, 0.2) is 36.7 Å². The van der Waals surface area contributed by atoms with Crippen LogP contribution in [0.1, 0.15) is 22.4 Å². The second-order valence-electron chi connectivity index (χ2n) is 7.06. The smallest absolute Gasteiger partial charge is 0.344 e. The number of halogens is 4. The van der Waals surface area contributed by atoms with Crippen molar-refractivity contribution in [2.24, 2.45) is 0 Å². The number of hydrogen-bond donors (Lipinski definition) is 0. The molecule has 1 aliphatic rings. The highest BCUT2D eigenvalue weighted by Crippen LogP contribution is 2.32. The zero-order valence-corrected chi connectivity index (χ0v) is 14.9. The Morgan fingerprint density at radius 2 is 1.96 bits per heavy atom. The molecule has 142 valence electrons. The summed E-state index contributed by atoms with van der Waals surface area (Å²) in [7, 11) is 2.03. The summed E-state index contributed by atoms with van der Waals surface area (Å²) in [6, 6.07) is 5.89. The van der Waals surface area contributed by atoms with Gasteiger partial charge in [-0.05, 0) is 48.9 Å². The number of nitrogens with zero attached hydrogens (tertiary/aromatic N) is 3. The minimum atomic E-state index is -4.40. The number of benzene rings is 1. The molecule has 0 aliphatic carbocycles. The fourth-order valence-electron chi connectivity index (χ4n) is 3.83. The molecule has 0 N–H and O–H groups in total. The topological polar surface area (TPSA) is 21.1 Å². The van der Waals surface area contributed by atoms with Crippen molar-refractivity contribution < 1.29 is 17.6 Å². The van der Waals surface area contributed by atoms with Crippen LogP contribution in [0, 0.1) is 5.82 Å². The van der Waals surface area contributed by atoms with Crippen molar-refractivity contribution in [1.29, 1.82) is 0 Å². The first-order valence-corrected chi connectivity index (χ1v) is 8.82. The summed E-state index contributed by atoms with van der Waals surface area (Å²) in [5, 5.41) is 0.888. The van der Waals surface area contributed by atoms with Crippen LogP contribution in [0.25, 0.3) is 10.9 Å². The average molecular weight is 377 g/mol. The highest BCUT2D eigenvalue weighted by Gasteiger charge is 2.31. The largest absolute Gasteiger partial charge is 0.417 e. The van der Waals surface area contributed by atoms with Gasteiger partial charge in [-0.25, -0.2) is 4.39 Å². The summed E-state index contributed by atoms with van der Waals surface area (Å²) in [6.45, 7) is 2.18. The molecule has 0 atom stereocenters. The lowest BCUT2D eigenvalue weighted by Gasteiger charge is -2.24. The molecule has 1 aliphatic heterocycles. The van der Waals surface area contributed by atoms with Gasteiger partial charge < -0.3 is 9.47 Å². The molecule has 7 heteroatoms. The van der Waals surface area contributed by atoms with E-state index in [1.807, 2.05) is 7.05 Å². The Kier molecular flexibility index (Phi) is 4.42. The van der Waals surface area contributed by atoms with Crippen molar-refractivity contribution in [2.45, 2.75) is 32.1 Å². The van der Waals surface area contributed by atoms with Crippen LogP contribution in [0.2, 0.25) is 0 Å². The van der Waals surface area contributed by atoms with Gasteiger partial charge in [-0.3, -0.25) is 4.98 Å². The van der Waals surface area contributed by atoms with E-state index in [1.54, 1.807) is 12.1 Å². The first kappa shape index (κ1) is 18.0. The summed E-state index contributed by atoms with van der Waals surface area (Å²) >= 11 is 0. The molecule has 0 radical (unpaired) electrons. The van der Waals surface area contributed by atoms with E-state index in [0.29, 0.717) is 18.5 Å². The predicted molar refractivity (Wildman–Crippen MR) is 94.9 cm³/mol. The molecule has 0 amide bonds. The van der Waals surface area contributed by atoms with E-state index in [1.165, 1.54) is 12.3 Å². The number of hydrogen-bond acceptors (Lipinski definition) is 2. The highest BCUT2D eigenvalue weighted by atomic mass is 19.4. The second kappa shape index (κ2) is 6.64. The fourth-order valence-corrected chi connectivity index (χ4v) is 3.83. The zero-order chi connectivity index (χ0) is 19.2. The van der Waals surface area contributed by atoms with E-state index in [-0.39, 0.29) is 5.82 Å². The van der Waals surface area contributed by atoms with E-state index in [9.17, 15) is 17.6 Å². The lowest BCUT2D eigenvalue weighted by Crippen LogP contribution is -2.27. The molecular weight excluding hydrogens is 358 g/mol. The number of pyridine rings is 1. The zero-order valence-electron chi connectivity index (χ0n) is 14.9. The Morgan fingerprint density at radius 1 is 1.15 bits per heavy atom. The Morgan fingerprint density at radius 3 is 2.74 bits per heavy atom. The molecule has 0 bridgehead atoms. The summed E-state index contributed by atoms with van der Waals surface area (Å²) in [5.41, 5.74) is 2.99. The van der Waals surface area contributed by atoms with Crippen LogP contribution in [0.5, 0.6) is 0 Å². The normalized spacial score (nSPS) is 15.3. The third-order valence-corrected chi connectivity index (χ3v) is 5.15. The van der Waals surface area contributed by atoms with Crippen molar-refractivity contribution in [2.75, 3.05) is 13.6 Å². The number of rotatable bonds is 3. The van der Waals surface area contributed by atoms with Gasteiger partial charge in [-0.15, -0.1) is 0 Å². The third-order valence-electron chi connectivity index (χ3n) is 5.15. The van der Waals surface area contributed by atoms with Crippen molar-refractivity contribution >= 4 is 10.9 Å². The molecule has 0 fully saturated rings. The van der Waals surface area contributed by atoms with Gasteiger partial charge in [0.25, 0.3) is 0 Å². The Labute approximate surface area is 154 Å². The van der Waals surface area contributed by atoms with Crippen LogP contribution in [-0.4, -0.2) is 28.0 Å². The first-order valence-electron chi connectivity index (χ1n) is 8.82. The Bertz CT molecular complexity index is 991. The van der Waals surface area contributed by atoms with Gasteiger partial charge in [0.1, 0.15) is 5.82 Å². The van der Waals surface area contributed by atoms with Crippen LogP contribution < -0.4 is 0 Å². The standard InChI is InChI=1S/C20H19F4N3/c1-26-6-5-19-17(12-26)16-9-15(21)2-3-18(16)27(19)7-4-13-8-14(11-25-10-13)20(22,23)24/h2-3,8-11H,4-7,12H2,1H3. The van der Waals surface area contributed by atoms with Crippen LogP contribution in [-0.2, 0) is 32.1 Å². The van der Waals surface area contributed by atoms with E-state index in [2.05, 4.69) is 14.5 Å². The molecule has 27 heavy (non-hydrogen) atoms. The Hall–Kier alpha value is -2.41. The van der Waals surface area contributed by atoms with Gasteiger partial charge in [0, 0.05) is 55.0 Å². The predicted octanol–water partition coefficient (Wildman–Crippen LogP) is 4.42. The number of fused-ring (bicyclic) bond motifs is 3. The quantitative estimate of drug-likeness (QED) is 0.630. The minimum Gasteiger partial charge on any atom is -0.344 e. The maximum Gasteiger partial charge on any atom is 0.417 e. The SMILES string of the molecule is CN1CCc2c(c3cc(F)ccc3n2CCc2cncc(C(F)(F)F)c2)C1. The second-order valence-corrected chi connectivity index (χ2v) is 7.06. The summed E-state index contributed by atoms with van der Waals surface area (Å²) in [4.78, 5) is 5.93. The van der Waals surface area contributed by atoms with E-state index < -0.39 is 11.7 Å². The lowest BCUT2D eigenvalue weighted by atomic mass is 10.0. The van der Waals surface area contributed by atoms with Crippen molar-refractivity contribution in [3.63, 3.8) is 0 Å². The van der Waals surface area contributed by atoms with E-state index in [4.69, 9.17) is 0 Å². The van der Waals surface area contributed by atoms with Gasteiger partial charge in [0.15, 0.2) is 0 Å². The van der Waals surface area contributed by atoms with Gasteiger partial charge in [-0.2, -0.15) is 13.2 Å². The minimum absolute atomic E-state index is 0.280. The maximum absolute atomic E-state index is 13.8. The van der Waals surface area contributed by atoms with Crippen LogP contribution in [0.4, 0.5) is 17.6 Å². The van der Waals surface area contributed by atoms with Crippen LogP contribution in [0.3, 0.4) is 0 Å². The van der Waals surface area contributed by atoms with E-state index in [0.717, 1.165) is 53.9 Å². The summed E-state index contributed by atoms with van der Waals surface area (Å²) < 4.78 is 54.6. The van der Waals surface area contributed by atoms with E-state index >= 15 is 0 Å². The lowest BCUT2D eigenvalue weighted by molar-refractivity contribution is -0.137. The highest BCUT2D eigenvalue weighted by molar-refractivity contribution is 5.86. The van der Waals surface area contributed by atoms with Gasteiger partial charge >= 0.3 is 6.18 Å². The Balaban J connectivity index is 1.69. The molecule has 0 saturated heterocycles. The molecule has 2 aromatic heterocycles. The average Bonchev–Trinajstić information content (AvgIpc) is 2.92. The first-order chi connectivity index (χ1) is 12.8. The van der Waals surface area contributed by atoms with Gasteiger partial charge in [-0.1, -0.05) is 0 Å². The molecule has 0 spiro atoms. The number of aryl methyl sites for hydroxylation is 2. The molecule has 4 rings (SSSR count). The summed E-state index contributed by atoms with van der Waals surface area (Å²) in [6.07, 6.45) is -0.816. The molecule has 0 saturated carbocycles. The monoisotopic (exact) mass is 377 g/mol. The molecule has 1 aromatic carbocycles. The van der Waals surface area contributed by atoms with Gasteiger partial charge in [0.2, 0.25) is 0 Å². The number of aromatic nitrogens is 2. The van der Waals surface area contributed by atoms with Crippen molar-refractivity contribution in [1.82, 2.24) is 14.5 Å². The van der Waals surface area contributed by atoms with Gasteiger partial charge in [0.05, 0.1) is 5.56 Å². The molecule has 3 heterocycles. The maximum atomic E-state index is 13.8. The number of alkyl halides is 3. The molecule has 3 nitrogen and oxygen atoms in total. The molecule has 3 aromatic rings. The summed E-state index contributed by atoms with van der Waals surface area (Å²) in [5.74, 6) is -0.280. The number of likely N-dealkylation sites (N-methyl/N-ethyl adjacent to an activating group) is 1. The molecule has 0 unspecified atom stereocenters.